The Hall–Kier alpha value is -5.37. The number of para-hydroxylation sites is 2. The maximum Gasteiger partial charge on any atom is 0.273 e. The summed E-state index contributed by atoms with van der Waals surface area (Å²) >= 11 is 0. The summed E-state index contributed by atoms with van der Waals surface area (Å²) in [7, 11) is 1.74. The van der Waals surface area contributed by atoms with E-state index in [1.165, 1.54) is 0 Å². The fourth-order valence-electron chi connectivity index (χ4n) is 4.63. The monoisotopic (exact) mass is 500 g/mol. The minimum Gasteiger partial charge on any atom is -0.505 e. The first kappa shape index (κ1) is 23.1. The van der Waals surface area contributed by atoms with Gasteiger partial charge in [0.1, 0.15) is 5.69 Å². The Morgan fingerprint density at radius 1 is 0.895 bits per heavy atom. The van der Waals surface area contributed by atoms with Gasteiger partial charge in [0.2, 0.25) is 0 Å². The van der Waals surface area contributed by atoms with Gasteiger partial charge >= 0.3 is 0 Å². The van der Waals surface area contributed by atoms with Crippen molar-refractivity contribution >= 4 is 61.2 Å². The van der Waals surface area contributed by atoms with Crippen molar-refractivity contribution in [3.63, 3.8) is 0 Å². The Bertz CT molecular complexity index is 1840. The average Bonchev–Trinajstić information content (AvgIpc) is 3.32. The van der Waals surface area contributed by atoms with Crippen molar-refractivity contribution in [2.24, 2.45) is 10.2 Å². The van der Waals surface area contributed by atoms with Crippen LogP contribution >= 0.6 is 0 Å². The van der Waals surface area contributed by atoms with E-state index in [1.807, 2.05) is 66.7 Å². The molecule has 0 aliphatic heterocycles. The molecule has 0 aliphatic carbocycles. The van der Waals surface area contributed by atoms with Crippen LogP contribution < -0.4 is 16.2 Å². The smallest absolute Gasteiger partial charge is 0.273 e. The van der Waals surface area contributed by atoms with Gasteiger partial charge in [-0.1, -0.05) is 48.5 Å². The molecule has 0 unspecified atom stereocenters. The molecule has 0 saturated carbocycles. The molecule has 5 aromatic carbocycles. The van der Waals surface area contributed by atoms with Crippen LogP contribution in [0.25, 0.3) is 32.6 Å². The number of carbonyl (C=O) groups is 1. The lowest BCUT2D eigenvalue weighted by atomic mass is 10.00. The van der Waals surface area contributed by atoms with Crippen LogP contribution in [0.3, 0.4) is 0 Å². The number of carbonyl (C=O) groups excluding carboxylic acids is 1. The molecule has 8 nitrogen and oxygen atoms in total. The zero-order valence-electron chi connectivity index (χ0n) is 20.5. The third-order valence-corrected chi connectivity index (χ3v) is 6.55. The van der Waals surface area contributed by atoms with Gasteiger partial charge in [-0.25, -0.2) is 0 Å². The maximum atomic E-state index is 13.4. The van der Waals surface area contributed by atoms with Crippen LogP contribution in [-0.2, 0) is 0 Å². The second kappa shape index (κ2) is 9.25. The normalized spacial score (nSPS) is 11.5. The highest BCUT2D eigenvalue weighted by molar-refractivity contribution is 6.22. The molecule has 0 aliphatic rings. The predicted octanol–water partition coefficient (Wildman–Crippen LogP) is 6.96. The number of aromatic hydroxyl groups is 1. The standard InChI is InChI=1S/C30H24N6O2/c1-36(21-7-3-2-4-8-21)35-30(38)24-17-18-11-16-23-22-9-5-6-10-25(22)32-27(23)26(18)28(29(24)37)34-33-20-14-12-19(31)13-15-20/h2-17,32,37H,31H2,1H3,(H,35,38). The van der Waals surface area contributed by atoms with Gasteiger partial charge in [0.25, 0.3) is 5.91 Å². The van der Waals surface area contributed by atoms with Gasteiger partial charge in [0.15, 0.2) is 5.75 Å². The Kier molecular flexibility index (Phi) is 5.61. The summed E-state index contributed by atoms with van der Waals surface area (Å²) in [5, 5.41) is 25.3. The van der Waals surface area contributed by atoms with Gasteiger partial charge in [-0.15, -0.1) is 5.11 Å². The number of azo groups is 1. The maximum absolute atomic E-state index is 13.4. The first-order valence-electron chi connectivity index (χ1n) is 12.1. The average molecular weight is 501 g/mol. The molecular weight excluding hydrogens is 476 g/mol. The molecule has 0 bridgehead atoms. The Morgan fingerprint density at radius 2 is 1.63 bits per heavy atom. The minimum atomic E-state index is -0.476. The first-order valence-corrected chi connectivity index (χ1v) is 12.1. The van der Waals surface area contributed by atoms with E-state index in [2.05, 4.69) is 20.6 Å². The summed E-state index contributed by atoms with van der Waals surface area (Å²) in [5.74, 6) is -0.738. The molecule has 6 aromatic rings. The number of amides is 1. The van der Waals surface area contributed by atoms with Gasteiger partial charge in [-0.05, 0) is 53.9 Å². The van der Waals surface area contributed by atoms with E-state index in [4.69, 9.17) is 5.73 Å². The number of rotatable bonds is 5. The highest BCUT2D eigenvalue weighted by atomic mass is 16.3. The van der Waals surface area contributed by atoms with Gasteiger partial charge in [0, 0.05) is 34.4 Å². The van der Waals surface area contributed by atoms with Gasteiger partial charge < -0.3 is 15.8 Å². The van der Waals surface area contributed by atoms with Crippen LogP contribution in [0.5, 0.6) is 5.75 Å². The lowest BCUT2D eigenvalue weighted by molar-refractivity contribution is 0.0949. The third-order valence-electron chi connectivity index (χ3n) is 6.55. The van der Waals surface area contributed by atoms with Crippen LogP contribution in [0.1, 0.15) is 10.4 Å². The Morgan fingerprint density at radius 3 is 2.42 bits per heavy atom. The zero-order chi connectivity index (χ0) is 26.2. The van der Waals surface area contributed by atoms with Crippen LogP contribution in [0.4, 0.5) is 22.7 Å². The number of H-pyrrole nitrogens is 1. The zero-order valence-corrected chi connectivity index (χ0v) is 20.5. The van der Waals surface area contributed by atoms with E-state index >= 15 is 0 Å². The van der Waals surface area contributed by atoms with Crippen molar-refractivity contribution < 1.29 is 9.90 Å². The topological polar surface area (TPSA) is 119 Å². The van der Waals surface area contributed by atoms with E-state index in [1.54, 1.807) is 42.4 Å². The summed E-state index contributed by atoms with van der Waals surface area (Å²) in [4.78, 5) is 16.8. The summed E-state index contributed by atoms with van der Waals surface area (Å²) in [6.45, 7) is 0. The van der Waals surface area contributed by atoms with Crippen molar-refractivity contribution in [2.45, 2.75) is 0 Å². The number of hydrazine groups is 1. The molecule has 1 amide bonds. The molecule has 0 saturated heterocycles. The lowest BCUT2D eigenvalue weighted by Gasteiger charge is -2.21. The molecule has 1 heterocycles. The number of nitrogens with two attached hydrogens (primary N) is 1. The van der Waals surface area contributed by atoms with Crippen molar-refractivity contribution in [3.05, 3.63) is 103 Å². The molecule has 1 aromatic heterocycles. The SMILES string of the molecule is CN(NC(=O)c1cc2ccc3c4ccccc4[nH]c3c2c(N=Nc2ccc(N)cc2)c1O)c1ccccc1. The number of anilines is 2. The molecule has 0 radical (unpaired) electrons. The molecule has 0 fully saturated rings. The van der Waals surface area contributed by atoms with Crippen LogP contribution in [-0.4, -0.2) is 23.0 Å². The van der Waals surface area contributed by atoms with Crippen molar-refractivity contribution in [1.82, 2.24) is 10.4 Å². The minimum absolute atomic E-state index is 0.0852. The Balaban J connectivity index is 1.53. The third kappa shape index (κ3) is 4.04. The molecule has 186 valence electrons. The summed E-state index contributed by atoms with van der Waals surface area (Å²) in [6.07, 6.45) is 0. The van der Waals surface area contributed by atoms with Gasteiger partial charge in [0.05, 0.1) is 22.5 Å². The van der Waals surface area contributed by atoms with Crippen molar-refractivity contribution in [2.75, 3.05) is 17.8 Å². The first-order chi connectivity index (χ1) is 18.5. The number of aromatic amines is 1. The summed E-state index contributed by atoms with van der Waals surface area (Å²) < 4.78 is 0. The quantitative estimate of drug-likeness (QED) is 0.116. The van der Waals surface area contributed by atoms with Crippen molar-refractivity contribution in [1.29, 1.82) is 0 Å². The molecule has 5 N–H and O–H groups in total. The van der Waals surface area contributed by atoms with Crippen LogP contribution in [0.2, 0.25) is 0 Å². The molecule has 0 atom stereocenters. The molecule has 38 heavy (non-hydrogen) atoms. The van der Waals surface area contributed by atoms with Crippen molar-refractivity contribution in [3.8, 4) is 5.75 Å². The molecule has 0 spiro atoms. The van der Waals surface area contributed by atoms with E-state index in [0.717, 1.165) is 32.9 Å². The lowest BCUT2D eigenvalue weighted by Crippen LogP contribution is -2.39. The van der Waals surface area contributed by atoms with Gasteiger partial charge in [-0.2, -0.15) is 5.11 Å². The Labute approximate surface area is 218 Å². The summed E-state index contributed by atoms with van der Waals surface area (Å²) in [5.41, 5.74) is 12.6. The number of fused-ring (bicyclic) bond motifs is 5. The van der Waals surface area contributed by atoms with E-state index < -0.39 is 5.91 Å². The second-order valence-electron chi connectivity index (χ2n) is 9.01. The molecule has 6 rings (SSSR count). The van der Waals surface area contributed by atoms with E-state index in [0.29, 0.717) is 16.8 Å². The second-order valence-corrected chi connectivity index (χ2v) is 9.01. The highest BCUT2D eigenvalue weighted by Gasteiger charge is 2.22. The fraction of sp³-hybridized carbons (Fsp3) is 0.0333. The highest BCUT2D eigenvalue weighted by Crippen LogP contribution is 2.43. The summed E-state index contributed by atoms with van der Waals surface area (Å²) in [6, 6.07) is 29.9. The number of hydrogen-bond acceptors (Lipinski definition) is 6. The van der Waals surface area contributed by atoms with E-state index in [9.17, 15) is 9.90 Å². The number of nitrogen functional groups attached to an aromatic ring is 1. The number of benzene rings is 5. The van der Waals surface area contributed by atoms with Crippen LogP contribution in [0, 0.1) is 0 Å². The number of nitrogens with one attached hydrogen (secondary N) is 2. The van der Waals surface area contributed by atoms with E-state index in [-0.39, 0.29) is 17.0 Å². The predicted molar refractivity (Wildman–Crippen MR) is 152 cm³/mol. The number of phenols is 1. The van der Waals surface area contributed by atoms with Gasteiger partial charge in [-0.3, -0.25) is 15.2 Å². The molecular formula is C30H24N6O2. The largest absolute Gasteiger partial charge is 0.505 e. The fourth-order valence-corrected chi connectivity index (χ4v) is 4.63. The number of hydrogen-bond donors (Lipinski definition) is 4. The number of phenolic OH excluding ortho intramolecular Hbond substituents is 1. The van der Waals surface area contributed by atoms with Crippen LogP contribution in [0.15, 0.2) is 107 Å². The molecule has 8 heteroatoms. The number of aromatic nitrogens is 1. The number of nitrogens with zero attached hydrogens (tertiary/aromatic N) is 3.